The van der Waals surface area contributed by atoms with Gasteiger partial charge in [0.05, 0.1) is 25.8 Å². The summed E-state index contributed by atoms with van der Waals surface area (Å²) in [7, 11) is 1.36. The van der Waals surface area contributed by atoms with Crippen LogP contribution in [0.5, 0.6) is 0 Å². The van der Waals surface area contributed by atoms with Gasteiger partial charge in [0.15, 0.2) is 11.6 Å². The Morgan fingerprint density at radius 1 is 1.07 bits per heavy atom. The number of carbonyl (C=O) groups excluding carboxylic acids is 2. The van der Waals surface area contributed by atoms with E-state index in [1.54, 1.807) is 11.3 Å². The average Bonchev–Trinajstić information content (AvgIpc) is 3.68. The lowest BCUT2D eigenvalue weighted by Gasteiger charge is -2.12. The highest BCUT2D eigenvalue weighted by molar-refractivity contribution is 7.15. The number of hydrogen-bond donors (Lipinski definition) is 1. The summed E-state index contributed by atoms with van der Waals surface area (Å²) in [6, 6.07) is 19.4. The van der Waals surface area contributed by atoms with Crippen LogP contribution in [0.25, 0.3) is 15.9 Å². The van der Waals surface area contributed by atoms with Gasteiger partial charge in [0.2, 0.25) is 0 Å². The molecule has 0 radical (unpaired) electrons. The largest absolute Gasteiger partial charge is 0.469 e. The Balaban J connectivity index is 1.32. The highest BCUT2D eigenvalue weighted by atomic mass is 35.5. The summed E-state index contributed by atoms with van der Waals surface area (Å²) in [6.45, 7) is 2.92. The lowest BCUT2D eigenvalue weighted by atomic mass is 10.0. The van der Waals surface area contributed by atoms with Crippen LogP contribution in [-0.4, -0.2) is 44.0 Å². The summed E-state index contributed by atoms with van der Waals surface area (Å²) >= 11 is 8.24. The van der Waals surface area contributed by atoms with Crippen molar-refractivity contribution in [2.75, 3.05) is 7.11 Å². The van der Waals surface area contributed by atoms with Gasteiger partial charge >= 0.3 is 5.97 Å². The predicted molar refractivity (Wildman–Crippen MR) is 159 cm³/mol. The number of methoxy groups -OCH3 is 1. The summed E-state index contributed by atoms with van der Waals surface area (Å²) in [5.74, 6) is 0.684. The fourth-order valence-electron chi connectivity index (χ4n) is 5.06. The molecule has 1 N–H and O–H groups in total. The van der Waals surface area contributed by atoms with Gasteiger partial charge in [-0.05, 0) is 30.7 Å². The number of nitrogens with zero attached hydrogens (tertiary/aromatic N) is 5. The van der Waals surface area contributed by atoms with E-state index in [1.165, 1.54) is 12.0 Å². The number of aryl methyl sites for hydroxylation is 2. The van der Waals surface area contributed by atoms with Gasteiger partial charge in [-0.25, -0.2) is 0 Å². The van der Waals surface area contributed by atoms with E-state index in [4.69, 9.17) is 21.3 Å². The molecular formula is C30H27ClN6O3S. The van der Waals surface area contributed by atoms with E-state index in [1.807, 2.05) is 63.7 Å². The van der Waals surface area contributed by atoms with Gasteiger partial charge in [-0.15, -0.1) is 21.5 Å². The maximum Gasteiger partial charge on any atom is 0.307 e. The van der Waals surface area contributed by atoms with Crippen molar-refractivity contribution in [2.24, 2.45) is 4.99 Å². The first-order chi connectivity index (χ1) is 20.0. The molecule has 0 bridgehead atoms. The van der Waals surface area contributed by atoms with Gasteiger partial charge in [0, 0.05) is 38.5 Å². The van der Waals surface area contributed by atoms with Crippen LogP contribution in [0.4, 0.5) is 0 Å². The second kappa shape index (κ2) is 11.3. The molecule has 41 heavy (non-hydrogen) atoms. The molecule has 0 spiro atoms. The second-order valence-corrected chi connectivity index (χ2v) is 11.1. The number of ether oxygens (including phenoxy) is 1. The molecule has 9 nitrogen and oxygen atoms in total. The number of aliphatic imine (C=N–C) groups is 1. The van der Waals surface area contributed by atoms with Crippen LogP contribution < -0.4 is 5.32 Å². The molecule has 0 atom stereocenters. The molecule has 2 aromatic carbocycles. The zero-order chi connectivity index (χ0) is 28.5. The van der Waals surface area contributed by atoms with Gasteiger partial charge in [-0.2, -0.15) is 0 Å². The number of amides is 1. The number of carbonyl (C=O) groups is 2. The van der Waals surface area contributed by atoms with Crippen molar-refractivity contribution < 1.29 is 14.3 Å². The number of esters is 1. The van der Waals surface area contributed by atoms with Crippen molar-refractivity contribution in [3.8, 4) is 5.00 Å². The number of fused-ring (bicyclic) bond motifs is 4. The first-order valence-electron chi connectivity index (χ1n) is 13.3. The normalized spacial score (nSPS) is 12.4. The minimum atomic E-state index is -0.336. The lowest BCUT2D eigenvalue weighted by Crippen LogP contribution is -2.27. The molecule has 11 heteroatoms. The molecule has 0 aliphatic carbocycles. The number of hydrogen-bond acceptors (Lipinski definition) is 7. The van der Waals surface area contributed by atoms with E-state index in [2.05, 4.69) is 28.5 Å². The highest BCUT2D eigenvalue weighted by Gasteiger charge is 2.27. The minimum absolute atomic E-state index is 0.155. The smallest absolute Gasteiger partial charge is 0.307 e. The van der Waals surface area contributed by atoms with E-state index in [0.717, 1.165) is 39.2 Å². The molecule has 6 rings (SSSR count). The Kier molecular flexibility index (Phi) is 7.42. The van der Waals surface area contributed by atoms with Crippen LogP contribution in [0.2, 0.25) is 5.02 Å². The number of nitrogens with one attached hydrogen (secondary N) is 1. The van der Waals surface area contributed by atoms with Crippen molar-refractivity contribution in [1.29, 1.82) is 0 Å². The summed E-state index contributed by atoms with van der Waals surface area (Å²) in [4.78, 5) is 31.5. The van der Waals surface area contributed by atoms with Crippen LogP contribution in [0.1, 0.15) is 51.5 Å². The molecule has 5 aromatic rings. The third-order valence-corrected chi connectivity index (χ3v) is 8.69. The molecule has 208 valence electrons. The predicted octanol–water partition coefficient (Wildman–Crippen LogP) is 5.34. The van der Waals surface area contributed by atoms with Crippen LogP contribution in [0, 0.1) is 0 Å². The molecule has 1 aliphatic rings. The molecule has 0 saturated carbocycles. The van der Waals surface area contributed by atoms with E-state index in [0.29, 0.717) is 35.5 Å². The lowest BCUT2D eigenvalue weighted by molar-refractivity contribution is -0.140. The van der Waals surface area contributed by atoms with Gasteiger partial charge in [0.1, 0.15) is 17.2 Å². The molecule has 0 fully saturated rings. The number of rotatable bonds is 8. The van der Waals surface area contributed by atoms with Crippen LogP contribution in [-0.2, 0) is 35.6 Å². The van der Waals surface area contributed by atoms with E-state index in [-0.39, 0.29) is 24.8 Å². The fourth-order valence-corrected chi connectivity index (χ4v) is 6.42. The van der Waals surface area contributed by atoms with Crippen molar-refractivity contribution in [3.05, 3.63) is 99.0 Å². The van der Waals surface area contributed by atoms with Crippen molar-refractivity contribution in [1.82, 2.24) is 24.6 Å². The minimum Gasteiger partial charge on any atom is -0.469 e. The van der Waals surface area contributed by atoms with E-state index in [9.17, 15) is 9.59 Å². The maximum atomic E-state index is 13.5. The molecule has 3 aromatic heterocycles. The zero-order valence-electron chi connectivity index (χ0n) is 22.6. The highest BCUT2D eigenvalue weighted by Crippen LogP contribution is 2.34. The van der Waals surface area contributed by atoms with Gasteiger partial charge in [-0.1, -0.05) is 54.9 Å². The van der Waals surface area contributed by atoms with Gasteiger partial charge in [0.25, 0.3) is 5.91 Å². The number of halogens is 1. The maximum absolute atomic E-state index is 13.5. The monoisotopic (exact) mass is 586 g/mol. The summed E-state index contributed by atoms with van der Waals surface area (Å²) in [6.07, 6.45) is 1.02. The molecule has 4 heterocycles. The van der Waals surface area contributed by atoms with Gasteiger partial charge < -0.3 is 14.6 Å². The zero-order valence-corrected chi connectivity index (χ0v) is 24.1. The number of aromatic nitrogens is 4. The molecule has 1 aliphatic heterocycles. The summed E-state index contributed by atoms with van der Waals surface area (Å²) in [5, 5.41) is 14.4. The Labute approximate surface area is 245 Å². The molecule has 0 saturated heterocycles. The fraction of sp³-hybridized carbons (Fsp3) is 0.233. The third kappa shape index (κ3) is 5.05. The average molecular weight is 587 g/mol. The first-order valence-corrected chi connectivity index (χ1v) is 14.5. The van der Waals surface area contributed by atoms with Crippen LogP contribution in [0.3, 0.4) is 0 Å². The third-order valence-electron chi connectivity index (χ3n) is 7.09. The Morgan fingerprint density at radius 3 is 2.68 bits per heavy atom. The van der Waals surface area contributed by atoms with E-state index >= 15 is 0 Å². The van der Waals surface area contributed by atoms with Gasteiger partial charge in [-0.3, -0.25) is 19.1 Å². The van der Waals surface area contributed by atoms with Crippen molar-refractivity contribution in [2.45, 2.75) is 39.4 Å². The number of benzene rings is 2. The van der Waals surface area contributed by atoms with E-state index < -0.39 is 0 Å². The Morgan fingerprint density at radius 2 is 1.88 bits per heavy atom. The molecule has 0 unspecified atom stereocenters. The van der Waals surface area contributed by atoms with Crippen LogP contribution >= 0.6 is 22.9 Å². The summed E-state index contributed by atoms with van der Waals surface area (Å²) < 4.78 is 8.66. The molecule has 1 amide bonds. The van der Waals surface area contributed by atoms with Crippen molar-refractivity contribution in [3.63, 3.8) is 0 Å². The number of para-hydroxylation sites is 1. The Bertz CT molecular complexity index is 1820. The first kappa shape index (κ1) is 26.9. The topological polar surface area (TPSA) is 103 Å². The SMILES string of the molecule is CCc1cc2c(s1)-n1c(nnc1CNC(=O)c1cc3ccccc3n1CCC(=O)OC)CN=C2c1ccccc1Cl. The standard InChI is InChI=1S/C30H27ClN6O3S/c1-3-19-15-21-28(20-9-5-6-10-22(20)31)32-16-25-34-35-26(37(25)30(21)41-19)17-33-29(39)24-14-18-8-4-7-11-23(18)36(24)13-12-27(38)40-2/h4-11,14-15H,3,12-13,16-17H2,1-2H3,(H,33,39). The van der Waals surface area contributed by atoms with Crippen molar-refractivity contribution >= 4 is 51.4 Å². The van der Waals surface area contributed by atoms with Crippen LogP contribution in [0.15, 0.2) is 65.7 Å². The quantitative estimate of drug-likeness (QED) is 0.247. The Hall–Kier alpha value is -4.28. The second-order valence-electron chi connectivity index (χ2n) is 9.55. The number of thiophene rings is 1. The summed E-state index contributed by atoms with van der Waals surface area (Å²) in [5.41, 5.74) is 3.98. The molecular weight excluding hydrogens is 560 g/mol.